The number of rotatable bonds is 6. The van der Waals surface area contributed by atoms with Gasteiger partial charge in [-0.05, 0) is 59.7 Å². The van der Waals surface area contributed by atoms with Crippen LogP contribution >= 0.6 is 0 Å². The number of carbonyl (C=O) groups is 3. The molecule has 4 rings (SSSR count). The topological polar surface area (TPSA) is 82.9 Å². The van der Waals surface area contributed by atoms with Gasteiger partial charge in [0, 0.05) is 44.7 Å². The molecule has 0 saturated carbocycles. The number of amides is 3. The molecular weight excluding hydrogens is 461 g/mol. The Labute approximate surface area is 208 Å². The molecule has 0 aliphatic rings. The first-order valence-corrected chi connectivity index (χ1v) is 11.3. The van der Waals surface area contributed by atoms with Crippen LogP contribution in [0.25, 0.3) is 33.4 Å². The van der Waals surface area contributed by atoms with Crippen LogP contribution in [0.2, 0.25) is 0 Å². The summed E-state index contributed by atoms with van der Waals surface area (Å²) in [7, 11) is 6.41. The molecule has 0 radical (unpaired) electrons. The molecule has 8 heteroatoms. The number of nitrogens with one attached hydrogen (secondary N) is 1. The van der Waals surface area contributed by atoms with Crippen LogP contribution in [-0.4, -0.2) is 62.3 Å². The third-order valence-electron chi connectivity index (χ3n) is 5.93. The molecule has 0 spiro atoms. The standard InChI is InChI=1S/C28H26FN3O4/c1-30-27(34)25-22-15-20(11-14-23(22)36-26(25)18-9-12-21(29)13-10-18)17-5-7-19(8-6-17)28(35)32(4)16-24(33)31(2)3/h5-15H,16H2,1-4H3,(H,30,34). The molecule has 0 aliphatic heterocycles. The van der Waals surface area contributed by atoms with Gasteiger partial charge in [-0.25, -0.2) is 4.39 Å². The van der Waals surface area contributed by atoms with Crippen LogP contribution in [0.1, 0.15) is 20.7 Å². The Bertz CT molecular complexity index is 1440. The minimum atomic E-state index is -0.379. The van der Waals surface area contributed by atoms with Gasteiger partial charge >= 0.3 is 0 Å². The SMILES string of the molecule is CNC(=O)c1c(-c2ccc(F)cc2)oc2ccc(-c3ccc(C(=O)N(C)CC(=O)N(C)C)cc3)cc12. The molecule has 36 heavy (non-hydrogen) atoms. The first-order valence-electron chi connectivity index (χ1n) is 11.3. The summed E-state index contributed by atoms with van der Waals surface area (Å²) in [6, 6.07) is 18.3. The van der Waals surface area contributed by atoms with E-state index in [4.69, 9.17) is 4.42 Å². The molecule has 1 aromatic heterocycles. The van der Waals surface area contributed by atoms with Gasteiger partial charge in [-0.1, -0.05) is 18.2 Å². The summed E-state index contributed by atoms with van der Waals surface area (Å²) in [6.45, 7) is -0.0105. The van der Waals surface area contributed by atoms with Crippen molar-refractivity contribution in [1.82, 2.24) is 15.1 Å². The molecule has 0 unspecified atom stereocenters. The average Bonchev–Trinajstić information content (AvgIpc) is 3.27. The molecule has 1 N–H and O–H groups in total. The maximum Gasteiger partial charge on any atom is 0.255 e. The lowest BCUT2D eigenvalue weighted by atomic mass is 9.99. The number of benzene rings is 3. The van der Waals surface area contributed by atoms with Gasteiger partial charge in [-0.15, -0.1) is 0 Å². The smallest absolute Gasteiger partial charge is 0.255 e. The van der Waals surface area contributed by atoms with Gasteiger partial charge in [0.2, 0.25) is 5.91 Å². The minimum absolute atomic E-state index is 0.0105. The van der Waals surface area contributed by atoms with Crippen molar-refractivity contribution in [2.24, 2.45) is 0 Å². The number of furan rings is 1. The van der Waals surface area contributed by atoms with E-state index in [0.29, 0.717) is 33.4 Å². The lowest BCUT2D eigenvalue weighted by Crippen LogP contribution is -2.37. The van der Waals surface area contributed by atoms with Crippen LogP contribution in [0.15, 0.2) is 71.1 Å². The van der Waals surface area contributed by atoms with Crippen molar-refractivity contribution in [3.63, 3.8) is 0 Å². The summed E-state index contributed by atoms with van der Waals surface area (Å²) in [5.41, 5.74) is 3.60. The van der Waals surface area contributed by atoms with Crippen molar-refractivity contribution < 1.29 is 23.2 Å². The fourth-order valence-corrected chi connectivity index (χ4v) is 3.87. The third kappa shape index (κ3) is 4.84. The van der Waals surface area contributed by atoms with Gasteiger partial charge in [0.25, 0.3) is 11.8 Å². The fraction of sp³-hybridized carbons (Fsp3) is 0.179. The Hall–Kier alpha value is -4.46. The number of nitrogens with zero attached hydrogens (tertiary/aromatic N) is 2. The second kappa shape index (κ2) is 10.0. The Morgan fingerprint density at radius 1 is 0.861 bits per heavy atom. The Morgan fingerprint density at radius 3 is 2.08 bits per heavy atom. The second-order valence-electron chi connectivity index (χ2n) is 8.63. The molecule has 0 saturated heterocycles. The van der Waals surface area contributed by atoms with E-state index in [-0.39, 0.29) is 30.1 Å². The molecule has 3 aromatic carbocycles. The summed E-state index contributed by atoms with van der Waals surface area (Å²) in [5.74, 6) is -0.758. The summed E-state index contributed by atoms with van der Waals surface area (Å²) >= 11 is 0. The number of likely N-dealkylation sites (N-methyl/N-ethyl adjacent to an activating group) is 2. The highest BCUT2D eigenvalue weighted by atomic mass is 19.1. The molecule has 0 aliphatic carbocycles. The Balaban J connectivity index is 1.68. The largest absolute Gasteiger partial charge is 0.455 e. The van der Waals surface area contributed by atoms with Gasteiger partial charge < -0.3 is 19.5 Å². The van der Waals surface area contributed by atoms with Gasteiger partial charge in [-0.2, -0.15) is 0 Å². The zero-order valence-electron chi connectivity index (χ0n) is 20.5. The lowest BCUT2D eigenvalue weighted by Gasteiger charge is -2.19. The molecule has 0 fully saturated rings. The molecule has 0 bridgehead atoms. The van der Waals surface area contributed by atoms with Crippen LogP contribution in [0.3, 0.4) is 0 Å². The summed E-state index contributed by atoms with van der Waals surface area (Å²) in [6.07, 6.45) is 0. The molecular formula is C28H26FN3O4. The Kier molecular flexibility index (Phi) is 6.87. The van der Waals surface area contributed by atoms with Crippen molar-refractivity contribution in [3.05, 3.63) is 83.7 Å². The fourth-order valence-electron chi connectivity index (χ4n) is 3.87. The summed E-state index contributed by atoms with van der Waals surface area (Å²) < 4.78 is 19.4. The highest BCUT2D eigenvalue weighted by Gasteiger charge is 2.22. The monoisotopic (exact) mass is 487 g/mol. The zero-order valence-corrected chi connectivity index (χ0v) is 20.5. The molecule has 4 aromatic rings. The van der Waals surface area contributed by atoms with Crippen LogP contribution in [0.4, 0.5) is 4.39 Å². The number of carbonyl (C=O) groups excluding carboxylic acids is 3. The molecule has 0 atom stereocenters. The summed E-state index contributed by atoms with van der Waals surface area (Å²) in [4.78, 5) is 40.2. The average molecular weight is 488 g/mol. The van der Waals surface area contributed by atoms with E-state index >= 15 is 0 Å². The van der Waals surface area contributed by atoms with E-state index in [0.717, 1.165) is 11.1 Å². The number of halogens is 1. The van der Waals surface area contributed by atoms with Crippen molar-refractivity contribution in [2.75, 3.05) is 34.7 Å². The number of hydrogen-bond donors (Lipinski definition) is 1. The number of fused-ring (bicyclic) bond motifs is 1. The molecule has 3 amide bonds. The van der Waals surface area contributed by atoms with E-state index in [1.807, 2.05) is 24.3 Å². The minimum Gasteiger partial charge on any atom is -0.455 e. The second-order valence-corrected chi connectivity index (χ2v) is 8.63. The van der Waals surface area contributed by atoms with Gasteiger partial charge in [0.15, 0.2) is 0 Å². The third-order valence-corrected chi connectivity index (χ3v) is 5.93. The van der Waals surface area contributed by atoms with Gasteiger partial charge in [0.1, 0.15) is 17.2 Å². The van der Waals surface area contributed by atoms with E-state index in [2.05, 4.69) is 5.32 Å². The van der Waals surface area contributed by atoms with E-state index in [1.54, 1.807) is 58.5 Å². The first-order chi connectivity index (χ1) is 17.2. The van der Waals surface area contributed by atoms with E-state index < -0.39 is 0 Å². The Morgan fingerprint density at radius 2 is 1.47 bits per heavy atom. The summed E-state index contributed by atoms with van der Waals surface area (Å²) in [5, 5.41) is 3.27. The molecule has 1 heterocycles. The van der Waals surface area contributed by atoms with Crippen LogP contribution < -0.4 is 5.32 Å². The van der Waals surface area contributed by atoms with Gasteiger partial charge in [0.05, 0.1) is 12.1 Å². The lowest BCUT2D eigenvalue weighted by molar-refractivity contribution is -0.129. The first kappa shape index (κ1) is 24.7. The van der Waals surface area contributed by atoms with E-state index in [1.165, 1.54) is 21.9 Å². The molecule has 184 valence electrons. The van der Waals surface area contributed by atoms with E-state index in [9.17, 15) is 18.8 Å². The van der Waals surface area contributed by atoms with Crippen molar-refractivity contribution >= 4 is 28.7 Å². The predicted octanol–water partition coefficient (Wildman–Crippen LogP) is 4.43. The zero-order chi connectivity index (χ0) is 26.0. The van der Waals surface area contributed by atoms with Crippen LogP contribution in [0.5, 0.6) is 0 Å². The number of hydrogen-bond acceptors (Lipinski definition) is 4. The van der Waals surface area contributed by atoms with Crippen molar-refractivity contribution in [2.45, 2.75) is 0 Å². The maximum absolute atomic E-state index is 13.4. The van der Waals surface area contributed by atoms with Crippen LogP contribution in [-0.2, 0) is 4.79 Å². The van der Waals surface area contributed by atoms with Crippen LogP contribution in [0, 0.1) is 5.82 Å². The molecule has 7 nitrogen and oxygen atoms in total. The quantitative estimate of drug-likeness (QED) is 0.436. The highest BCUT2D eigenvalue weighted by Crippen LogP contribution is 2.36. The normalized spacial score (nSPS) is 10.8. The van der Waals surface area contributed by atoms with Crippen molar-refractivity contribution in [3.8, 4) is 22.5 Å². The highest BCUT2D eigenvalue weighted by molar-refractivity contribution is 6.11. The van der Waals surface area contributed by atoms with Crippen molar-refractivity contribution in [1.29, 1.82) is 0 Å². The predicted molar refractivity (Wildman–Crippen MR) is 136 cm³/mol. The van der Waals surface area contributed by atoms with Gasteiger partial charge in [-0.3, -0.25) is 14.4 Å². The maximum atomic E-state index is 13.4.